The molecular formula is C34H37FN2O4. The van der Waals surface area contributed by atoms with Crippen molar-refractivity contribution in [1.29, 1.82) is 0 Å². The van der Waals surface area contributed by atoms with Crippen LogP contribution in [-0.4, -0.2) is 34.2 Å². The molecule has 0 fully saturated rings. The van der Waals surface area contributed by atoms with E-state index in [-0.39, 0.29) is 54.2 Å². The van der Waals surface area contributed by atoms with E-state index in [9.17, 15) is 18.8 Å². The zero-order valence-corrected chi connectivity index (χ0v) is 24.3. The lowest BCUT2D eigenvalue weighted by Crippen LogP contribution is -2.46. The van der Waals surface area contributed by atoms with Gasteiger partial charge in [-0.1, -0.05) is 64.1 Å². The van der Waals surface area contributed by atoms with Crippen molar-refractivity contribution in [1.82, 2.24) is 9.80 Å². The van der Waals surface area contributed by atoms with Gasteiger partial charge in [-0.05, 0) is 66.3 Å². The number of hydrogen-bond acceptors (Lipinski definition) is 4. The molecule has 0 spiro atoms. The normalized spacial score (nSPS) is 12.2. The SMILES string of the molecule is CCC(C)N(CC(=O)N(Cc1ccc(F)cc1)Cc1coc2ccccc2c1=O)C(=O)c1ccc(C(C)(C)C)cc1. The van der Waals surface area contributed by atoms with E-state index < -0.39 is 0 Å². The Morgan fingerprint density at radius 2 is 1.59 bits per heavy atom. The Kier molecular flexibility index (Phi) is 9.06. The summed E-state index contributed by atoms with van der Waals surface area (Å²) in [6.07, 6.45) is 2.04. The maximum absolute atomic E-state index is 13.9. The van der Waals surface area contributed by atoms with Crippen molar-refractivity contribution >= 4 is 22.8 Å². The fourth-order valence-electron chi connectivity index (χ4n) is 4.65. The second-order valence-corrected chi connectivity index (χ2v) is 11.5. The lowest BCUT2D eigenvalue weighted by molar-refractivity contribution is -0.133. The van der Waals surface area contributed by atoms with Gasteiger partial charge in [-0.15, -0.1) is 0 Å². The van der Waals surface area contributed by atoms with Gasteiger partial charge < -0.3 is 14.2 Å². The molecule has 6 nitrogen and oxygen atoms in total. The van der Waals surface area contributed by atoms with Crippen molar-refractivity contribution in [2.45, 2.75) is 65.6 Å². The second kappa shape index (κ2) is 12.5. The number of nitrogens with zero attached hydrogens (tertiary/aromatic N) is 2. The van der Waals surface area contributed by atoms with Gasteiger partial charge in [0.2, 0.25) is 5.91 Å². The number of hydrogen-bond donors (Lipinski definition) is 0. The van der Waals surface area contributed by atoms with Gasteiger partial charge in [-0.25, -0.2) is 4.39 Å². The average molecular weight is 557 g/mol. The van der Waals surface area contributed by atoms with E-state index in [0.29, 0.717) is 34.1 Å². The minimum atomic E-state index is -0.382. The highest BCUT2D eigenvalue weighted by Gasteiger charge is 2.27. The van der Waals surface area contributed by atoms with Crippen molar-refractivity contribution in [3.05, 3.63) is 117 Å². The molecule has 0 N–H and O–H groups in total. The Bertz CT molecular complexity index is 1570. The molecule has 1 aromatic heterocycles. The van der Waals surface area contributed by atoms with Crippen LogP contribution in [0.15, 0.2) is 88.3 Å². The van der Waals surface area contributed by atoms with Crippen molar-refractivity contribution < 1.29 is 18.4 Å². The van der Waals surface area contributed by atoms with Crippen LogP contribution in [0.4, 0.5) is 4.39 Å². The molecule has 4 rings (SSSR count). The van der Waals surface area contributed by atoms with Crippen molar-refractivity contribution in [3.63, 3.8) is 0 Å². The molecule has 1 atom stereocenters. The fraction of sp³-hybridized carbons (Fsp3) is 0.324. The van der Waals surface area contributed by atoms with Gasteiger partial charge in [0.15, 0.2) is 5.43 Å². The number of carbonyl (C=O) groups is 2. The first-order valence-corrected chi connectivity index (χ1v) is 13.9. The lowest BCUT2D eigenvalue weighted by Gasteiger charge is -2.31. The molecule has 0 saturated heterocycles. The summed E-state index contributed by atoms with van der Waals surface area (Å²) in [6, 6.07) is 20.1. The van der Waals surface area contributed by atoms with Crippen LogP contribution in [0.1, 0.15) is 68.1 Å². The number of benzene rings is 3. The van der Waals surface area contributed by atoms with Crippen LogP contribution in [-0.2, 0) is 23.3 Å². The van der Waals surface area contributed by atoms with E-state index in [1.165, 1.54) is 23.3 Å². The maximum atomic E-state index is 13.9. The van der Waals surface area contributed by atoms with E-state index in [4.69, 9.17) is 4.42 Å². The zero-order valence-electron chi connectivity index (χ0n) is 24.3. The molecule has 1 unspecified atom stereocenters. The van der Waals surface area contributed by atoms with Crippen LogP contribution in [0.25, 0.3) is 11.0 Å². The minimum absolute atomic E-state index is 0.0216. The Labute approximate surface area is 240 Å². The monoisotopic (exact) mass is 556 g/mol. The summed E-state index contributed by atoms with van der Waals surface area (Å²) in [6.45, 7) is 10.2. The van der Waals surface area contributed by atoms with Gasteiger partial charge in [-0.3, -0.25) is 14.4 Å². The Morgan fingerprint density at radius 3 is 2.22 bits per heavy atom. The summed E-state index contributed by atoms with van der Waals surface area (Å²) < 4.78 is 19.3. The van der Waals surface area contributed by atoms with Gasteiger partial charge >= 0.3 is 0 Å². The first-order chi connectivity index (χ1) is 19.5. The first-order valence-electron chi connectivity index (χ1n) is 13.9. The smallest absolute Gasteiger partial charge is 0.254 e. The van der Waals surface area contributed by atoms with E-state index in [1.807, 2.05) is 26.0 Å². The molecule has 7 heteroatoms. The summed E-state index contributed by atoms with van der Waals surface area (Å²) in [5.74, 6) is -0.949. The molecule has 214 valence electrons. The third-order valence-corrected chi connectivity index (χ3v) is 7.44. The van der Waals surface area contributed by atoms with Crippen LogP contribution in [0, 0.1) is 5.82 Å². The second-order valence-electron chi connectivity index (χ2n) is 11.5. The molecule has 0 aliphatic carbocycles. The lowest BCUT2D eigenvalue weighted by atomic mass is 9.86. The van der Waals surface area contributed by atoms with Crippen molar-refractivity contribution in [2.24, 2.45) is 0 Å². The molecule has 2 amide bonds. The summed E-state index contributed by atoms with van der Waals surface area (Å²) in [5, 5.41) is 0.425. The number of rotatable bonds is 9. The highest BCUT2D eigenvalue weighted by Crippen LogP contribution is 2.23. The van der Waals surface area contributed by atoms with E-state index in [2.05, 4.69) is 20.8 Å². The molecule has 0 saturated carbocycles. The number of fused-ring (bicyclic) bond motifs is 1. The van der Waals surface area contributed by atoms with Gasteiger partial charge in [0.1, 0.15) is 17.9 Å². The van der Waals surface area contributed by atoms with Crippen LogP contribution in [0.2, 0.25) is 0 Å². The summed E-state index contributed by atoms with van der Waals surface area (Å²) in [7, 11) is 0. The third kappa shape index (κ3) is 7.09. The topological polar surface area (TPSA) is 70.8 Å². The minimum Gasteiger partial charge on any atom is -0.464 e. The molecule has 41 heavy (non-hydrogen) atoms. The highest BCUT2D eigenvalue weighted by molar-refractivity contribution is 5.96. The zero-order chi connectivity index (χ0) is 29.7. The molecule has 3 aromatic carbocycles. The van der Waals surface area contributed by atoms with E-state index >= 15 is 0 Å². The molecule has 0 radical (unpaired) electrons. The Balaban J connectivity index is 1.64. The number of amides is 2. The summed E-state index contributed by atoms with van der Waals surface area (Å²) in [5.41, 5.74) is 2.82. The van der Waals surface area contributed by atoms with Crippen molar-refractivity contribution in [2.75, 3.05) is 6.54 Å². The van der Waals surface area contributed by atoms with E-state index in [0.717, 1.165) is 5.56 Å². The third-order valence-electron chi connectivity index (χ3n) is 7.44. The molecule has 1 heterocycles. The van der Waals surface area contributed by atoms with E-state index in [1.54, 1.807) is 53.4 Å². The van der Waals surface area contributed by atoms with Gasteiger partial charge in [0.25, 0.3) is 5.91 Å². The predicted molar refractivity (Wildman–Crippen MR) is 159 cm³/mol. The number of halogens is 1. The van der Waals surface area contributed by atoms with Gasteiger partial charge in [0, 0.05) is 18.2 Å². The van der Waals surface area contributed by atoms with Gasteiger partial charge in [-0.2, -0.15) is 0 Å². The summed E-state index contributed by atoms with van der Waals surface area (Å²) >= 11 is 0. The standard InChI is InChI=1S/C34H37FN2O4/c1-6-23(2)37(33(40)25-13-15-27(16-14-25)34(3,4)5)21-31(38)36(19-24-11-17-28(35)18-12-24)20-26-22-41-30-10-8-7-9-29(30)32(26)39/h7-18,22-23H,6,19-21H2,1-5H3. The Morgan fingerprint density at radius 1 is 0.927 bits per heavy atom. The Hall–Kier alpha value is -4.26. The van der Waals surface area contributed by atoms with Crippen LogP contribution in [0.3, 0.4) is 0 Å². The average Bonchev–Trinajstić information content (AvgIpc) is 2.96. The van der Waals surface area contributed by atoms with Gasteiger partial charge in [0.05, 0.1) is 23.8 Å². The maximum Gasteiger partial charge on any atom is 0.254 e. The largest absolute Gasteiger partial charge is 0.464 e. The number of carbonyl (C=O) groups excluding carboxylic acids is 2. The quantitative estimate of drug-likeness (QED) is 0.230. The summed E-state index contributed by atoms with van der Waals surface area (Å²) in [4.78, 5) is 43.9. The molecule has 0 bridgehead atoms. The molecule has 0 aliphatic heterocycles. The van der Waals surface area contributed by atoms with Crippen LogP contribution < -0.4 is 5.43 Å². The van der Waals surface area contributed by atoms with Crippen LogP contribution >= 0.6 is 0 Å². The van der Waals surface area contributed by atoms with Crippen LogP contribution in [0.5, 0.6) is 0 Å². The highest BCUT2D eigenvalue weighted by atomic mass is 19.1. The molecule has 4 aromatic rings. The van der Waals surface area contributed by atoms with Crippen molar-refractivity contribution in [3.8, 4) is 0 Å². The first kappa shape index (κ1) is 29.7. The number of para-hydroxylation sites is 1. The molecular weight excluding hydrogens is 519 g/mol. The fourth-order valence-corrected chi connectivity index (χ4v) is 4.65. The predicted octanol–water partition coefficient (Wildman–Crippen LogP) is 6.70. The molecule has 0 aliphatic rings.